The summed E-state index contributed by atoms with van der Waals surface area (Å²) in [6.07, 6.45) is 3.12. The van der Waals surface area contributed by atoms with Crippen LogP contribution in [0.15, 0.2) is 5.38 Å². The summed E-state index contributed by atoms with van der Waals surface area (Å²) in [5.74, 6) is 1.55. The SMILES string of the molecule is CCCCS(=O)(=O)N1CCC(CNC(=O)c2scc3c2OCCO3)CC1. The predicted octanol–water partition coefficient (Wildman–Crippen LogP) is 2.09. The topological polar surface area (TPSA) is 84.9 Å². The number of thiophene rings is 1. The van der Waals surface area contributed by atoms with Crippen LogP contribution in [0.25, 0.3) is 0 Å². The van der Waals surface area contributed by atoms with Crippen molar-refractivity contribution in [3.63, 3.8) is 0 Å². The fraction of sp³-hybridized carbons (Fsp3) is 0.706. The first-order chi connectivity index (χ1) is 12.5. The molecule has 9 heteroatoms. The summed E-state index contributed by atoms with van der Waals surface area (Å²) in [6.45, 7) is 4.58. The standard InChI is InChI=1S/C17H26N2O5S2/c1-2-3-10-26(21,22)19-6-4-13(5-7-19)11-18-17(20)16-15-14(12-25-16)23-8-9-24-15/h12-13H,2-11H2,1H3,(H,18,20). The number of fused-ring (bicyclic) bond motifs is 1. The molecule has 0 unspecified atom stereocenters. The monoisotopic (exact) mass is 402 g/mol. The molecule has 2 aliphatic rings. The van der Waals surface area contributed by atoms with Crippen molar-refractivity contribution in [2.45, 2.75) is 32.6 Å². The maximum atomic E-state index is 12.4. The van der Waals surface area contributed by atoms with E-state index in [1.807, 2.05) is 6.92 Å². The van der Waals surface area contributed by atoms with E-state index < -0.39 is 10.0 Å². The van der Waals surface area contributed by atoms with Crippen LogP contribution in [0.2, 0.25) is 0 Å². The first-order valence-electron chi connectivity index (χ1n) is 9.14. The molecule has 1 N–H and O–H groups in total. The van der Waals surface area contributed by atoms with Crippen molar-refractivity contribution < 1.29 is 22.7 Å². The van der Waals surface area contributed by atoms with Crippen LogP contribution in [0.1, 0.15) is 42.3 Å². The first kappa shape index (κ1) is 19.4. The molecule has 3 rings (SSSR count). The number of unbranched alkanes of at least 4 members (excludes halogenated alkanes) is 1. The number of amides is 1. The Bertz CT molecular complexity index is 724. The minimum Gasteiger partial charge on any atom is -0.485 e. The largest absolute Gasteiger partial charge is 0.485 e. The summed E-state index contributed by atoms with van der Waals surface area (Å²) < 4.78 is 37.1. The zero-order chi connectivity index (χ0) is 18.6. The Kier molecular flexibility index (Phi) is 6.42. The molecule has 0 spiro atoms. The second-order valence-corrected chi connectivity index (χ2v) is 9.65. The molecule has 0 bridgehead atoms. The van der Waals surface area contributed by atoms with Gasteiger partial charge in [0.2, 0.25) is 10.0 Å². The molecule has 1 saturated heterocycles. The molecule has 0 saturated carbocycles. The van der Waals surface area contributed by atoms with Crippen molar-refractivity contribution in [1.29, 1.82) is 0 Å². The van der Waals surface area contributed by atoms with Gasteiger partial charge in [-0.15, -0.1) is 11.3 Å². The number of piperidine rings is 1. The Morgan fingerprint density at radius 3 is 2.77 bits per heavy atom. The molecule has 3 heterocycles. The Morgan fingerprint density at radius 1 is 1.31 bits per heavy atom. The van der Waals surface area contributed by atoms with Gasteiger partial charge in [0, 0.05) is 25.0 Å². The van der Waals surface area contributed by atoms with Crippen LogP contribution in [0.4, 0.5) is 0 Å². The fourth-order valence-corrected chi connectivity index (χ4v) is 5.71. The van der Waals surface area contributed by atoms with Gasteiger partial charge < -0.3 is 14.8 Å². The maximum absolute atomic E-state index is 12.4. The minimum absolute atomic E-state index is 0.153. The van der Waals surface area contributed by atoms with E-state index in [0.717, 1.165) is 19.3 Å². The molecule has 1 fully saturated rings. The number of nitrogens with one attached hydrogen (secondary N) is 1. The van der Waals surface area contributed by atoms with Gasteiger partial charge >= 0.3 is 0 Å². The van der Waals surface area contributed by atoms with Crippen molar-refractivity contribution in [2.75, 3.05) is 38.6 Å². The van der Waals surface area contributed by atoms with Crippen LogP contribution in [0.5, 0.6) is 11.5 Å². The number of rotatable bonds is 7. The van der Waals surface area contributed by atoms with Gasteiger partial charge in [0.15, 0.2) is 11.5 Å². The molecule has 0 atom stereocenters. The van der Waals surface area contributed by atoms with Crippen molar-refractivity contribution in [3.05, 3.63) is 10.3 Å². The van der Waals surface area contributed by atoms with Crippen LogP contribution in [-0.4, -0.2) is 57.2 Å². The van der Waals surface area contributed by atoms with E-state index in [9.17, 15) is 13.2 Å². The normalized spacial score (nSPS) is 18.7. The molecule has 26 heavy (non-hydrogen) atoms. The summed E-state index contributed by atoms with van der Waals surface area (Å²) in [7, 11) is -3.13. The Balaban J connectivity index is 1.47. The number of sulfonamides is 1. The highest BCUT2D eigenvalue weighted by Crippen LogP contribution is 2.39. The highest BCUT2D eigenvalue weighted by Gasteiger charge is 2.28. The van der Waals surface area contributed by atoms with Gasteiger partial charge in [0.1, 0.15) is 18.1 Å². The molecule has 146 valence electrons. The van der Waals surface area contributed by atoms with Crippen LogP contribution in [0, 0.1) is 5.92 Å². The summed E-state index contributed by atoms with van der Waals surface area (Å²) in [5.41, 5.74) is 0. The van der Waals surface area contributed by atoms with Gasteiger partial charge in [-0.3, -0.25) is 4.79 Å². The van der Waals surface area contributed by atoms with Gasteiger partial charge in [0.25, 0.3) is 5.91 Å². The lowest BCUT2D eigenvalue weighted by molar-refractivity contribution is 0.0936. The number of ether oxygens (including phenoxy) is 2. The molecule has 0 aliphatic carbocycles. The van der Waals surface area contributed by atoms with Crippen LogP contribution >= 0.6 is 11.3 Å². The van der Waals surface area contributed by atoms with Crippen molar-refractivity contribution in [1.82, 2.24) is 9.62 Å². The van der Waals surface area contributed by atoms with E-state index in [-0.39, 0.29) is 11.7 Å². The van der Waals surface area contributed by atoms with Crippen LogP contribution in [0.3, 0.4) is 0 Å². The number of hydrogen-bond acceptors (Lipinski definition) is 6. The van der Waals surface area contributed by atoms with E-state index in [0.29, 0.717) is 61.6 Å². The number of nitrogens with zero attached hydrogens (tertiary/aromatic N) is 1. The minimum atomic E-state index is -3.13. The lowest BCUT2D eigenvalue weighted by Crippen LogP contribution is -2.42. The van der Waals surface area contributed by atoms with E-state index in [2.05, 4.69) is 5.32 Å². The molecule has 1 aromatic rings. The average Bonchev–Trinajstić information content (AvgIpc) is 3.09. The Labute approximate surface area is 158 Å². The van der Waals surface area contributed by atoms with Crippen LogP contribution in [-0.2, 0) is 10.0 Å². The molecule has 1 aromatic heterocycles. The highest BCUT2D eigenvalue weighted by molar-refractivity contribution is 7.89. The van der Waals surface area contributed by atoms with Crippen molar-refractivity contribution in [2.24, 2.45) is 5.92 Å². The van der Waals surface area contributed by atoms with E-state index in [1.165, 1.54) is 11.3 Å². The number of carbonyl (C=O) groups excluding carboxylic acids is 1. The Hall–Kier alpha value is -1.32. The third-order valence-corrected chi connectivity index (χ3v) is 7.68. The van der Waals surface area contributed by atoms with E-state index in [1.54, 1.807) is 9.69 Å². The zero-order valence-electron chi connectivity index (χ0n) is 15.0. The lowest BCUT2D eigenvalue weighted by atomic mass is 9.98. The van der Waals surface area contributed by atoms with Crippen molar-refractivity contribution in [3.8, 4) is 11.5 Å². The van der Waals surface area contributed by atoms with Gasteiger partial charge in [-0.1, -0.05) is 13.3 Å². The maximum Gasteiger partial charge on any atom is 0.265 e. The van der Waals surface area contributed by atoms with Crippen LogP contribution < -0.4 is 14.8 Å². The van der Waals surface area contributed by atoms with Gasteiger partial charge in [-0.25, -0.2) is 12.7 Å². The predicted molar refractivity (Wildman–Crippen MR) is 101 cm³/mol. The Morgan fingerprint density at radius 2 is 2.04 bits per heavy atom. The lowest BCUT2D eigenvalue weighted by Gasteiger charge is -2.31. The van der Waals surface area contributed by atoms with E-state index >= 15 is 0 Å². The summed E-state index contributed by atoms with van der Waals surface area (Å²) in [6, 6.07) is 0. The third kappa shape index (κ3) is 4.50. The van der Waals surface area contributed by atoms with Gasteiger partial charge in [-0.05, 0) is 25.2 Å². The quantitative estimate of drug-likeness (QED) is 0.755. The van der Waals surface area contributed by atoms with Gasteiger partial charge in [-0.2, -0.15) is 0 Å². The molecule has 1 amide bonds. The smallest absolute Gasteiger partial charge is 0.265 e. The second kappa shape index (κ2) is 8.58. The zero-order valence-corrected chi connectivity index (χ0v) is 16.7. The first-order valence-corrected chi connectivity index (χ1v) is 11.6. The summed E-state index contributed by atoms with van der Waals surface area (Å²) >= 11 is 1.32. The van der Waals surface area contributed by atoms with Gasteiger partial charge in [0.05, 0.1) is 5.75 Å². The van der Waals surface area contributed by atoms with Crippen molar-refractivity contribution >= 4 is 27.3 Å². The number of hydrogen-bond donors (Lipinski definition) is 1. The molecule has 0 aromatic carbocycles. The number of carbonyl (C=O) groups is 1. The molecular formula is C17H26N2O5S2. The molecule has 2 aliphatic heterocycles. The average molecular weight is 403 g/mol. The molecule has 7 nitrogen and oxygen atoms in total. The fourth-order valence-electron chi connectivity index (χ4n) is 3.18. The second-order valence-electron chi connectivity index (χ2n) is 6.68. The highest BCUT2D eigenvalue weighted by atomic mass is 32.2. The molecule has 0 radical (unpaired) electrons. The van der Waals surface area contributed by atoms with E-state index in [4.69, 9.17) is 9.47 Å². The summed E-state index contributed by atoms with van der Waals surface area (Å²) in [4.78, 5) is 13.0. The molecular weight excluding hydrogens is 376 g/mol. The third-order valence-electron chi connectivity index (χ3n) is 4.78. The summed E-state index contributed by atoms with van der Waals surface area (Å²) in [5, 5.41) is 4.76.